The maximum atomic E-state index is 12.6. The van der Waals surface area contributed by atoms with Crippen LogP contribution in [-0.2, 0) is 0 Å². The molecule has 1 fully saturated rings. The Bertz CT molecular complexity index is 258. The molecule has 1 saturated carbocycles. The van der Waals surface area contributed by atoms with E-state index in [4.69, 9.17) is 13.1 Å². The Morgan fingerprint density at radius 1 is 1.50 bits per heavy atom. The van der Waals surface area contributed by atoms with E-state index in [1.54, 1.807) is 0 Å². The van der Waals surface area contributed by atoms with Crippen molar-refractivity contribution in [2.24, 2.45) is 11.3 Å². The van der Waals surface area contributed by atoms with Crippen LogP contribution in [0.25, 0.3) is 0 Å². The average molecular weight is 201 g/mol. The minimum atomic E-state index is -4.23. The van der Waals surface area contributed by atoms with E-state index in [2.05, 4.69) is 0 Å². The van der Waals surface area contributed by atoms with Gasteiger partial charge in [-0.2, -0.15) is 18.4 Å². The molecule has 14 heavy (non-hydrogen) atoms. The Morgan fingerprint density at radius 3 is 2.50 bits per heavy atom. The Balaban J connectivity index is 2.82. The number of halogens is 3. The molecule has 0 bridgehead atoms. The Morgan fingerprint density at radius 2 is 2.07 bits per heavy atom. The van der Waals surface area contributed by atoms with Crippen molar-refractivity contribution in [1.29, 1.82) is 5.26 Å². The third kappa shape index (κ3) is 1.89. The van der Waals surface area contributed by atoms with E-state index in [1.807, 2.05) is 6.07 Å². The predicted molar refractivity (Wildman–Crippen MR) is 46.6 cm³/mol. The third-order valence-electron chi connectivity index (χ3n) is 3.07. The highest BCUT2D eigenvalue weighted by molar-refractivity contribution is 6.12. The SMILES string of the molecule is [B]C1CCC(C)(C(F)(F)F)CC1C#N. The van der Waals surface area contributed by atoms with Gasteiger partial charge in [-0.05, 0) is 12.8 Å². The van der Waals surface area contributed by atoms with Crippen LogP contribution in [0, 0.1) is 22.7 Å². The highest BCUT2D eigenvalue weighted by Gasteiger charge is 2.53. The fourth-order valence-electron chi connectivity index (χ4n) is 1.82. The zero-order chi connectivity index (χ0) is 11.0. The fraction of sp³-hybridized carbons (Fsp3) is 0.889. The molecule has 0 N–H and O–H groups in total. The summed E-state index contributed by atoms with van der Waals surface area (Å²) in [6.07, 6.45) is -4.11. The highest BCUT2D eigenvalue weighted by Crippen LogP contribution is 2.52. The van der Waals surface area contributed by atoms with Gasteiger partial charge in [-0.3, -0.25) is 0 Å². The first-order chi connectivity index (χ1) is 6.30. The monoisotopic (exact) mass is 201 g/mol. The second-order valence-corrected chi connectivity index (χ2v) is 4.20. The van der Waals surface area contributed by atoms with Gasteiger partial charge < -0.3 is 0 Å². The van der Waals surface area contributed by atoms with Crippen molar-refractivity contribution in [3.05, 3.63) is 0 Å². The van der Waals surface area contributed by atoms with Gasteiger partial charge in [0.15, 0.2) is 0 Å². The lowest BCUT2D eigenvalue weighted by molar-refractivity contribution is -0.230. The van der Waals surface area contributed by atoms with Crippen molar-refractivity contribution < 1.29 is 13.2 Å². The first-order valence-corrected chi connectivity index (χ1v) is 4.52. The first-order valence-electron chi connectivity index (χ1n) is 4.52. The zero-order valence-corrected chi connectivity index (χ0v) is 7.93. The molecular weight excluding hydrogens is 190 g/mol. The van der Waals surface area contributed by atoms with E-state index in [9.17, 15) is 13.2 Å². The summed E-state index contributed by atoms with van der Waals surface area (Å²) < 4.78 is 37.8. The van der Waals surface area contributed by atoms with Crippen LogP contribution in [0.5, 0.6) is 0 Å². The summed E-state index contributed by atoms with van der Waals surface area (Å²) in [5, 5.41) is 8.66. The summed E-state index contributed by atoms with van der Waals surface area (Å²) in [6, 6.07) is 1.86. The van der Waals surface area contributed by atoms with Crippen molar-refractivity contribution in [2.75, 3.05) is 0 Å². The fourth-order valence-corrected chi connectivity index (χ4v) is 1.82. The third-order valence-corrected chi connectivity index (χ3v) is 3.07. The molecule has 76 valence electrons. The number of hydrogen-bond acceptors (Lipinski definition) is 1. The van der Waals surface area contributed by atoms with Gasteiger partial charge in [0.05, 0.1) is 19.3 Å². The van der Waals surface area contributed by atoms with Gasteiger partial charge >= 0.3 is 6.18 Å². The number of hydrogen-bond donors (Lipinski definition) is 0. The van der Waals surface area contributed by atoms with Gasteiger partial charge in [-0.1, -0.05) is 19.2 Å². The van der Waals surface area contributed by atoms with Crippen LogP contribution in [0.1, 0.15) is 26.2 Å². The molecule has 0 spiro atoms. The van der Waals surface area contributed by atoms with Crippen LogP contribution in [0.2, 0.25) is 5.82 Å². The minimum absolute atomic E-state index is 0.0237. The van der Waals surface area contributed by atoms with Crippen molar-refractivity contribution in [2.45, 2.75) is 38.2 Å². The molecule has 1 nitrogen and oxygen atoms in total. The van der Waals surface area contributed by atoms with Gasteiger partial charge in [0.2, 0.25) is 0 Å². The lowest BCUT2D eigenvalue weighted by Gasteiger charge is -2.40. The van der Waals surface area contributed by atoms with Crippen LogP contribution < -0.4 is 0 Å². The molecule has 3 atom stereocenters. The number of rotatable bonds is 0. The lowest BCUT2D eigenvalue weighted by atomic mass is 9.60. The van der Waals surface area contributed by atoms with E-state index in [0.29, 0.717) is 0 Å². The van der Waals surface area contributed by atoms with Crippen molar-refractivity contribution in [3.8, 4) is 6.07 Å². The molecular formula is C9H11BF3N. The van der Waals surface area contributed by atoms with Crippen LogP contribution in [0.3, 0.4) is 0 Å². The minimum Gasteiger partial charge on any atom is -0.198 e. The Kier molecular flexibility index (Phi) is 2.84. The maximum absolute atomic E-state index is 12.6. The van der Waals surface area contributed by atoms with Gasteiger partial charge in [0.25, 0.3) is 0 Å². The van der Waals surface area contributed by atoms with Crippen LogP contribution >= 0.6 is 0 Å². The molecule has 0 aromatic rings. The van der Waals surface area contributed by atoms with Crippen LogP contribution in [0.4, 0.5) is 13.2 Å². The van der Waals surface area contributed by atoms with Crippen molar-refractivity contribution in [3.63, 3.8) is 0 Å². The summed E-state index contributed by atoms with van der Waals surface area (Å²) in [5.74, 6) is -1.08. The maximum Gasteiger partial charge on any atom is 0.394 e. The average Bonchev–Trinajstić information content (AvgIpc) is 2.07. The smallest absolute Gasteiger partial charge is 0.198 e. The molecule has 1 aliphatic carbocycles. The van der Waals surface area contributed by atoms with Gasteiger partial charge in [0, 0.05) is 5.92 Å². The molecule has 0 saturated heterocycles. The number of alkyl halides is 3. The molecule has 0 aliphatic heterocycles. The number of nitrogens with zero attached hydrogens (tertiary/aromatic N) is 1. The van der Waals surface area contributed by atoms with E-state index in [0.717, 1.165) is 0 Å². The van der Waals surface area contributed by atoms with E-state index < -0.39 is 23.3 Å². The molecule has 3 unspecified atom stereocenters. The lowest BCUT2D eigenvalue weighted by Crippen LogP contribution is -2.40. The summed E-state index contributed by atoms with van der Waals surface area (Å²) in [5.41, 5.74) is -1.73. The second kappa shape index (κ2) is 3.49. The molecule has 5 heteroatoms. The quantitative estimate of drug-likeness (QED) is 0.552. The Labute approximate surface area is 82.7 Å². The normalized spacial score (nSPS) is 39.1. The molecule has 0 heterocycles. The van der Waals surface area contributed by atoms with E-state index >= 15 is 0 Å². The van der Waals surface area contributed by atoms with Crippen molar-refractivity contribution >= 4 is 7.85 Å². The van der Waals surface area contributed by atoms with Gasteiger partial charge in [-0.15, -0.1) is 0 Å². The Hall–Kier alpha value is -0.655. The summed E-state index contributed by atoms with van der Waals surface area (Å²) >= 11 is 0. The van der Waals surface area contributed by atoms with E-state index in [-0.39, 0.29) is 19.3 Å². The van der Waals surface area contributed by atoms with Crippen LogP contribution in [-0.4, -0.2) is 14.0 Å². The molecule has 2 radical (unpaired) electrons. The van der Waals surface area contributed by atoms with E-state index in [1.165, 1.54) is 6.92 Å². The molecule has 0 amide bonds. The summed E-state index contributed by atoms with van der Waals surface area (Å²) in [6.45, 7) is 1.17. The molecule has 1 aliphatic rings. The molecule has 0 aromatic carbocycles. The predicted octanol–water partition coefficient (Wildman–Crippen LogP) is 2.84. The molecule has 1 rings (SSSR count). The number of nitriles is 1. The van der Waals surface area contributed by atoms with Gasteiger partial charge in [-0.25, -0.2) is 0 Å². The second-order valence-electron chi connectivity index (χ2n) is 4.20. The summed E-state index contributed by atoms with van der Waals surface area (Å²) in [7, 11) is 5.56. The summed E-state index contributed by atoms with van der Waals surface area (Å²) in [4.78, 5) is 0. The highest BCUT2D eigenvalue weighted by atomic mass is 19.4. The van der Waals surface area contributed by atoms with Gasteiger partial charge in [0.1, 0.15) is 0 Å². The standard InChI is InChI=1S/C9H11BF3N/c1-8(9(11,12)13)3-2-7(10)6(4-8)5-14/h6-7H,2-4H2,1H3. The largest absolute Gasteiger partial charge is 0.394 e. The van der Waals surface area contributed by atoms with Crippen LogP contribution in [0.15, 0.2) is 0 Å². The topological polar surface area (TPSA) is 23.8 Å². The van der Waals surface area contributed by atoms with Crippen molar-refractivity contribution in [1.82, 2.24) is 0 Å². The zero-order valence-electron chi connectivity index (χ0n) is 7.93. The first kappa shape index (κ1) is 11.4. The molecule has 0 aromatic heterocycles.